The number of amides is 1. The molecular weight excluding hydrogens is 545 g/mol. The predicted molar refractivity (Wildman–Crippen MR) is 157 cm³/mol. The van der Waals surface area contributed by atoms with Crippen molar-refractivity contribution in [2.45, 2.75) is 80.5 Å². The third-order valence-electron chi connectivity index (χ3n) is 8.30. The molecule has 2 N–H and O–H groups in total. The lowest BCUT2D eigenvalue weighted by atomic mass is 9.98. The van der Waals surface area contributed by atoms with Gasteiger partial charge in [0.25, 0.3) is 5.91 Å². The zero-order valence-corrected chi connectivity index (χ0v) is 24.8. The Labute approximate surface area is 246 Å². The summed E-state index contributed by atoms with van der Waals surface area (Å²) in [5.74, 6) is 0.274. The minimum absolute atomic E-state index is 0.00289. The van der Waals surface area contributed by atoms with E-state index in [0.29, 0.717) is 38.1 Å². The second-order valence-corrected chi connectivity index (χ2v) is 11.9. The summed E-state index contributed by atoms with van der Waals surface area (Å²) in [7, 11) is 1.72. The first-order valence-corrected chi connectivity index (χ1v) is 15.9. The fraction of sp³-hybridized carbons (Fsp3) is 0.633. The number of nitrogens with one attached hydrogen (secondary N) is 2. The molecule has 2 aromatic rings. The van der Waals surface area contributed by atoms with Gasteiger partial charge in [-0.3, -0.25) is 4.79 Å². The van der Waals surface area contributed by atoms with Gasteiger partial charge in [-0.05, 0) is 62.5 Å². The number of methoxy groups -OCH3 is 1. The van der Waals surface area contributed by atoms with Crippen LogP contribution in [0.15, 0.2) is 35.2 Å². The number of likely N-dealkylation sites (tertiary alicyclic amines) is 1. The Kier molecular flexibility index (Phi) is 10.8. The van der Waals surface area contributed by atoms with Crippen molar-refractivity contribution in [1.29, 1.82) is 0 Å². The maximum Gasteiger partial charge on any atom is 0.272 e. The van der Waals surface area contributed by atoms with E-state index in [9.17, 15) is 9.18 Å². The number of piperidine rings is 1. The summed E-state index contributed by atoms with van der Waals surface area (Å²) in [5, 5.41) is 7.00. The zero-order valence-electron chi connectivity index (χ0n) is 24.0. The summed E-state index contributed by atoms with van der Waals surface area (Å²) in [5.41, 5.74) is 1.41. The van der Waals surface area contributed by atoms with Crippen molar-refractivity contribution in [2.75, 3.05) is 51.5 Å². The highest BCUT2D eigenvalue weighted by atomic mass is 32.2. The van der Waals surface area contributed by atoms with Crippen LogP contribution in [0.3, 0.4) is 0 Å². The number of benzene rings is 1. The molecule has 1 aromatic heterocycles. The number of carbonyl (C=O) groups is 1. The molecule has 3 fully saturated rings. The van der Waals surface area contributed by atoms with Crippen LogP contribution in [-0.4, -0.2) is 91.3 Å². The molecule has 9 nitrogen and oxygen atoms in total. The number of thioether (sulfide) groups is 1. The molecule has 3 aliphatic heterocycles. The first-order chi connectivity index (χ1) is 20.1. The third-order valence-corrected chi connectivity index (χ3v) is 9.04. The Morgan fingerprint density at radius 2 is 1.95 bits per heavy atom. The van der Waals surface area contributed by atoms with Crippen LogP contribution in [0.2, 0.25) is 0 Å². The van der Waals surface area contributed by atoms with Crippen LogP contribution in [0, 0.1) is 0 Å². The van der Waals surface area contributed by atoms with Gasteiger partial charge in [0.1, 0.15) is 18.2 Å². The lowest BCUT2D eigenvalue weighted by Gasteiger charge is -2.38. The molecule has 4 atom stereocenters. The molecule has 1 aromatic carbocycles. The SMILES string of the molecule is CO[C@@H]1COCC[C@@H]1NC1CCN(C(=O)c2cc(NC[C@H]3CCC[C@@H](c4ccc(SC)cc4)O3)nc(CF)n2)CC1. The molecular formula is C30H42FN5O4S. The average molecular weight is 588 g/mol. The second kappa shape index (κ2) is 14.7. The normalized spacial score (nSPS) is 25.7. The van der Waals surface area contributed by atoms with Crippen LogP contribution in [0.1, 0.15) is 66.5 Å². The van der Waals surface area contributed by atoms with Crippen molar-refractivity contribution >= 4 is 23.5 Å². The van der Waals surface area contributed by atoms with Gasteiger partial charge in [-0.25, -0.2) is 14.4 Å². The Bertz CT molecular complexity index is 1130. The molecule has 4 heterocycles. The van der Waals surface area contributed by atoms with Crippen LogP contribution >= 0.6 is 11.8 Å². The predicted octanol–water partition coefficient (Wildman–Crippen LogP) is 4.39. The Balaban J connectivity index is 1.15. The van der Waals surface area contributed by atoms with E-state index in [-0.39, 0.29) is 41.8 Å². The van der Waals surface area contributed by atoms with E-state index in [2.05, 4.69) is 51.1 Å². The second-order valence-electron chi connectivity index (χ2n) is 11.0. The number of hydrogen-bond donors (Lipinski definition) is 2. The van der Waals surface area contributed by atoms with Crippen LogP contribution in [-0.2, 0) is 20.9 Å². The lowest BCUT2D eigenvalue weighted by molar-refractivity contribution is -0.0533. The Hall–Kier alpha value is -2.31. The van der Waals surface area contributed by atoms with Crippen molar-refractivity contribution < 1.29 is 23.4 Å². The molecule has 1 amide bonds. The third kappa shape index (κ3) is 7.95. The van der Waals surface area contributed by atoms with Gasteiger partial charge in [0.15, 0.2) is 5.82 Å². The number of aromatic nitrogens is 2. The van der Waals surface area contributed by atoms with Gasteiger partial charge >= 0.3 is 0 Å². The maximum absolute atomic E-state index is 13.7. The number of nitrogens with zero attached hydrogens (tertiary/aromatic N) is 3. The summed E-state index contributed by atoms with van der Waals surface area (Å²) < 4.78 is 31.2. The Morgan fingerprint density at radius 1 is 1.15 bits per heavy atom. The number of hydrogen-bond acceptors (Lipinski definition) is 9. The molecule has 0 radical (unpaired) electrons. The van der Waals surface area contributed by atoms with E-state index in [0.717, 1.165) is 45.1 Å². The fourth-order valence-electron chi connectivity index (χ4n) is 5.94. The number of halogens is 1. The monoisotopic (exact) mass is 587 g/mol. The van der Waals surface area contributed by atoms with E-state index in [4.69, 9.17) is 14.2 Å². The first kappa shape index (κ1) is 30.2. The number of alkyl halides is 1. The summed E-state index contributed by atoms with van der Waals surface area (Å²) in [6, 6.07) is 10.7. The van der Waals surface area contributed by atoms with Gasteiger partial charge in [-0.15, -0.1) is 11.8 Å². The van der Waals surface area contributed by atoms with Gasteiger partial charge in [0.2, 0.25) is 0 Å². The van der Waals surface area contributed by atoms with Gasteiger partial charge in [0, 0.05) is 56.4 Å². The largest absolute Gasteiger partial charge is 0.379 e. The lowest BCUT2D eigenvalue weighted by Crippen LogP contribution is -2.54. The van der Waals surface area contributed by atoms with Crippen LogP contribution in [0.4, 0.5) is 10.2 Å². The summed E-state index contributed by atoms with van der Waals surface area (Å²) >= 11 is 1.73. The Morgan fingerprint density at radius 3 is 2.68 bits per heavy atom. The summed E-state index contributed by atoms with van der Waals surface area (Å²) in [6.45, 7) is 2.26. The number of anilines is 1. The van der Waals surface area contributed by atoms with Crippen LogP contribution in [0.25, 0.3) is 0 Å². The highest BCUT2D eigenvalue weighted by Crippen LogP contribution is 2.32. The number of carbonyl (C=O) groups excluding carboxylic acids is 1. The maximum atomic E-state index is 13.7. The minimum Gasteiger partial charge on any atom is -0.379 e. The van der Waals surface area contributed by atoms with Crippen molar-refractivity contribution in [2.24, 2.45) is 0 Å². The van der Waals surface area contributed by atoms with Gasteiger partial charge in [-0.1, -0.05) is 12.1 Å². The number of ether oxygens (including phenoxy) is 3. The molecule has 3 saturated heterocycles. The summed E-state index contributed by atoms with van der Waals surface area (Å²) in [4.78, 5) is 24.9. The van der Waals surface area contributed by atoms with E-state index < -0.39 is 6.67 Å². The molecule has 3 aliphatic rings. The van der Waals surface area contributed by atoms with Crippen LogP contribution in [0.5, 0.6) is 0 Å². The van der Waals surface area contributed by atoms with Gasteiger partial charge < -0.3 is 29.7 Å². The van der Waals surface area contributed by atoms with Crippen molar-refractivity contribution in [3.8, 4) is 0 Å². The van der Waals surface area contributed by atoms with E-state index in [1.807, 2.05) is 0 Å². The molecule has 0 spiro atoms. The van der Waals surface area contributed by atoms with Crippen molar-refractivity contribution in [1.82, 2.24) is 20.2 Å². The average Bonchev–Trinajstić information content (AvgIpc) is 3.04. The highest BCUT2D eigenvalue weighted by Gasteiger charge is 2.31. The quantitative estimate of drug-likeness (QED) is 0.392. The van der Waals surface area contributed by atoms with Gasteiger partial charge in [0.05, 0.1) is 24.9 Å². The molecule has 41 heavy (non-hydrogen) atoms. The number of rotatable bonds is 10. The standard InChI is InChI=1S/C30H42FN5O4S/c1-38-27-19-39-15-12-24(27)33-21-10-13-36(14-11-21)30(37)25-16-28(35-29(17-31)34-25)32-18-22-4-3-5-26(40-22)20-6-8-23(41-2)9-7-20/h6-9,16,21-22,24,26-27,33H,3-5,10-15,17-19H2,1-2H3,(H,32,34,35)/t22-,24+,26+,27-/m1/s1. The highest BCUT2D eigenvalue weighted by molar-refractivity contribution is 7.98. The van der Waals surface area contributed by atoms with E-state index in [1.165, 1.54) is 10.5 Å². The molecule has 11 heteroatoms. The van der Waals surface area contributed by atoms with Crippen molar-refractivity contribution in [3.05, 3.63) is 47.4 Å². The zero-order chi connectivity index (χ0) is 28.6. The molecule has 224 valence electrons. The van der Waals surface area contributed by atoms with Crippen LogP contribution < -0.4 is 10.6 Å². The summed E-state index contributed by atoms with van der Waals surface area (Å²) in [6.07, 6.45) is 7.75. The van der Waals surface area contributed by atoms with E-state index in [1.54, 1.807) is 29.8 Å². The molecule has 5 rings (SSSR count). The molecule has 0 unspecified atom stereocenters. The minimum atomic E-state index is -0.832. The fourth-order valence-corrected chi connectivity index (χ4v) is 6.35. The molecule has 0 saturated carbocycles. The van der Waals surface area contributed by atoms with E-state index >= 15 is 0 Å². The molecule has 0 bridgehead atoms. The smallest absolute Gasteiger partial charge is 0.272 e. The van der Waals surface area contributed by atoms with Gasteiger partial charge in [-0.2, -0.15) is 0 Å². The molecule has 0 aliphatic carbocycles. The van der Waals surface area contributed by atoms with Crippen molar-refractivity contribution in [3.63, 3.8) is 0 Å². The first-order valence-electron chi connectivity index (χ1n) is 14.7. The topological polar surface area (TPSA) is 97.8 Å².